The molecule has 2 aliphatic rings. The van der Waals surface area contributed by atoms with E-state index in [2.05, 4.69) is 5.10 Å². The number of aromatic nitrogens is 2. The van der Waals surface area contributed by atoms with E-state index in [0.717, 1.165) is 12.8 Å². The van der Waals surface area contributed by atoms with Crippen LogP contribution in [0.4, 0.5) is 0 Å². The van der Waals surface area contributed by atoms with E-state index in [4.69, 9.17) is 4.74 Å². The lowest BCUT2D eigenvalue weighted by molar-refractivity contribution is 0.0324. The summed E-state index contributed by atoms with van der Waals surface area (Å²) in [5.41, 5.74) is 0.344. The summed E-state index contributed by atoms with van der Waals surface area (Å²) in [5.74, 6) is 0.107. The van der Waals surface area contributed by atoms with E-state index >= 15 is 0 Å². The van der Waals surface area contributed by atoms with Crippen LogP contribution in [0.1, 0.15) is 23.3 Å². The molecule has 1 aromatic heterocycles. The van der Waals surface area contributed by atoms with Crippen LogP contribution in [-0.4, -0.2) is 79.5 Å². The van der Waals surface area contributed by atoms with Gasteiger partial charge in [-0.3, -0.25) is 9.48 Å². The molecule has 25 heavy (non-hydrogen) atoms. The van der Waals surface area contributed by atoms with Crippen molar-refractivity contribution in [3.8, 4) is 0 Å². The highest BCUT2D eigenvalue weighted by atomic mass is 32.2. The van der Waals surface area contributed by atoms with Gasteiger partial charge in [-0.2, -0.15) is 5.10 Å². The van der Waals surface area contributed by atoms with Crippen molar-refractivity contribution >= 4 is 15.9 Å². The zero-order valence-electron chi connectivity index (χ0n) is 15.0. The Kier molecular flexibility index (Phi) is 4.91. The van der Waals surface area contributed by atoms with Gasteiger partial charge in [-0.25, -0.2) is 12.7 Å². The predicted molar refractivity (Wildman–Crippen MR) is 92.6 cm³/mol. The average molecular weight is 370 g/mol. The third-order valence-electron chi connectivity index (χ3n) is 5.60. The molecule has 1 spiro atoms. The van der Waals surface area contributed by atoms with Crippen LogP contribution in [-0.2, 0) is 21.8 Å². The number of hydrogen-bond acceptors (Lipinski definition) is 5. The highest BCUT2D eigenvalue weighted by molar-refractivity contribution is 7.88. The minimum Gasteiger partial charge on any atom is -0.384 e. The average Bonchev–Trinajstić information content (AvgIpc) is 3.13. The topological polar surface area (TPSA) is 84.7 Å². The van der Waals surface area contributed by atoms with Crippen LogP contribution in [0.5, 0.6) is 0 Å². The number of piperidine rings is 1. The minimum atomic E-state index is -3.21. The second-order valence-electron chi connectivity index (χ2n) is 7.24. The van der Waals surface area contributed by atoms with Crippen molar-refractivity contribution in [2.24, 2.45) is 18.4 Å². The third kappa shape index (κ3) is 3.58. The largest absolute Gasteiger partial charge is 0.384 e. The van der Waals surface area contributed by atoms with Gasteiger partial charge in [-0.1, -0.05) is 0 Å². The molecular weight excluding hydrogens is 344 g/mol. The van der Waals surface area contributed by atoms with Crippen LogP contribution in [0.25, 0.3) is 0 Å². The molecule has 8 nitrogen and oxygen atoms in total. The zero-order valence-corrected chi connectivity index (χ0v) is 15.8. The molecule has 1 unspecified atom stereocenters. The van der Waals surface area contributed by atoms with Crippen molar-refractivity contribution in [1.82, 2.24) is 19.0 Å². The molecule has 0 radical (unpaired) electrons. The van der Waals surface area contributed by atoms with Gasteiger partial charge in [-0.15, -0.1) is 0 Å². The number of carbonyl (C=O) groups is 1. The van der Waals surface area contributed by atoms with Gasteiger partial charge in [-0.05, 0) is 24.3 Å². The third-order valence-corrected chi connectivity index (χ3v) is 6.81. The standard InChI is InChI=1S/C16H26N4O4S/c1-18-7-4-14(17-18)15(21)19-8-5-16(6-9-19)12-20(25(3,22)23)10-13(16)11-24-2/h4,7,13H,5-6,8-12H2,1-3H3. The van der Waals surface area contributed by atoms with E-state index in [1.54, 1.807) is 35.4 Å². The van der Waals surface area contributed by atoms with E-state index in [1.807, 2.05) is 4.90 Å². The van der Waals surface area contributed by atoms with Gasteiger partial charge in [0.2, 0.25) is 10.0 Å². The van der Waals surface area contributed by atoms with Crippen LogP contribution in [0.15, 0.2) is 12.3 Å². The Labute approximate surface area is 148 Å². The Morgan fingerprint density at radius 2 is 2.08 bits per heavy atom. The Bertz CT molecular complexity index is 737. The number of carbonyl (C=O) groups excluding carboxylic acids is 1. The van der Waals surface area contributed by atoms with Gasteiger partial charge < -0.3 is 9.64 Å². The first-order chi connectivity index (χ1) is 11.7. The monoisotopic (exact) mass is 370 g/mol. The second-order valence-corrected chi connectivity index (χ2v) is 9.22. The number of ether oxygens (including phenoxy) is 1. The number of nitrogens with zero attached hydrogens (tertiary/aromatic N) is 4. The number of hydrogen-bond donors (Lipinski definition) is 0. The summed E-state index contributed by atoms with van der Waals surface area (Å²) >= 11 is 0. The number of likely N-dealkylation sites (tertiary alicyclic amines) is 1. The molecule has 9 heteroatoms. The normalized spacial score (nSPS) is 24.1. The summed E-state index contributed by atoms with van der Waals surface area (Å²) in [6, 6.07) is 1.72. The molecule has 3 heterocycles. The molecule has 1 amide bonds. The van der Waals surface area contributed by atoms with Gasteiger partial charge in [0.1, 0.15) is 5.69 Å². The molecule has 0 aromatic carbocycles. The Balaban J connectivity index is 1.71. The van der Waals surface area contributed by atoms with Crippen molar-refractivity contribution in [3.05, 3.63) is 18.0 Å². The highest BCUT2D eigenvalue weighted by Gasteiger charge is 2.50. The lowest BCUT2D eigenvalue weighted by atomic mass is 9.71. The lowest BCUT2D eigenvalue weighted by Crippen LogP contribution is -2.47. The molecule has 3 rings (SSSR count). The molecule has 0 N–H and O–H groups in total. The van der Waals surface area contributed by atoms with Crippen LogP contribution in [0, 0.1) is 11.3 Å². The minimum absolute atomic E-state index is 0.0586. The molecule has 0 aliphatic carbocycles. The van der Waals surface area contributed by atoms with E-state index in [-0.39, 0.29) is 17.2 Å². The SMILES string of the molecule is COCC1CN(S(C)(=O)=O)CC12CCN(C(=O)c1ccn(C)n1)CC2. The maximum absolute atomic E-state index is 12.6. The van der Waals surface area contributed by atoms with Crippen molar-refractivity contribution in [3.63, 3.8) is 0 Å². The molecule has 2 fully saturated rings. The van der Waals surface area contributed by atoms with Crippen molar-refractivity contribution < 1.29 is 17.9 Å². The Hall–Kier alpha value is -1.45. The van der Waals surface area contributed by atoms with E-state index in [1.165, 1.54) is 6.26 Å². The Morgan fingerprint density at radius 1 is 1.40 bits per heavy atom. The molecule has 1 atom stereocenters. The highest BCUT2D eigenvalue weighted by Crippen LogP contribution is 2.45. The van der Waals surface area contributed by atoms with E-state index in [0.29, 0.717) is 38.5 Å². The molecule has 140 valence electrons. The van der Waals surface area contributed by atoms with Gasteiger partial charge >= 0.3 is 0 Å². The van der Waals surface area contributed by atoms with Crippen molar-refractivity contribution in [2.45, 2.75) is 12.8 Å². The first-order valence-corrected chi connectivity index (χ1v) is 10.3. The molecule has 2 saturated heterocycles. The summed E-state index contributed by atoms with van der Waals surface area (Å²) in [6.45, 7) is 2.80. The maximum atomic E-state index is 12.6. The number of rotatable bonds is 4. The van der Waals surface area contributed by atoms with Gasteiger partial charge in [0.05, 0.1) is 12.9 Å². The van der Waals surface area contributed by atoms with Gasteiger partial charge in [0.15, 0.2) is 0 Å². The van der Waals surface area contributed by atoms with Crippen molar-refractivity contribution in [1.29, 1.82) is 0 Å². The summed E-state index contributed by atoms with van der Waals surface area (Å²) in [7, 11) is 0.222. The summed E-state index contributed by atoms with van der Waals surface area (Å²) in [4.78, 5) is 14.4. The van der Waals surface area contributed by atoms with Crippen LogP contribution in [0.3, 0.4) is 0 Å². The fraction of sp³-hybridized carbons (Fsp3) is 0.750. The fourth-order valence-corrected chi connectivity index (χ4v) is 5.02. The molecule has 0 saturated carbocycles. The zero-order chi connectivity index (χ0) is 18.2. The van der Waals surface area contributed by atoms with Crippen LogP contribution < -0.4 is 0 Å². The Morgan fingerprint density at radius 3 is 2.60 bits per heavy atom. The quantitative estimate of drug-likeness (QED) is 0.755. The number of sulfonamides is 1. The van der Waals surface area contributed by atoms with Crippen LogP contribution >= 0.6 is 0 Å². The fourth-order valence-electron chi connectivity index (χ4n) is 4.08. The molecule has 2 aliphatic heterocycles. The lowest BCUT2D eigenvalue weighted by Gasteiger charge is -2.42. The van der Waals surface area contributed by atoms with Gasteiger partial charge in [0, 0.05) is 52.5 Å². The van der Waals surface area contributed by atoms with E-state index < -0.39 is 10.0 Å². The summed E-state index contributed by atoms with van der Waals surface area (Å²) in [6.07, 6.45) is 4.58. The first kappa shape index (κ1) is 18.3. The summed E-state index contributed by atoms with van der Waals surface area (Å²) in [5, 5.41) is 4.18. The van der Waals surface area contributed by atoms with E-state index in [9.17, 15) is 13.2 Å². The smallest absolute Gasteiger partial charge is 0.274 e. The maximum Gasteiger partial charge on any atom is 0.274 e. The molecule has 1 aromatic rings. The number of amides is 1. The second kappa shape index (κ2) is 6.69. The molecular formula is C16H26N4O4S. The summed E-state index contributed by atoms with van der Waals surface area (Å²) < 4.78 is 32.5. The predicted octanol–water partition coefficient (Wildman–Crippen LogP) is 0.180. The van der Waals surface area contributed by atoms with Crippen LogP contribution in [0.2, 0.25) is 0 Å². The number of methoxy groups -OCH3 is 1. The number of aryl methyl sites for hydroxylation is 1. The molecule has 0 bridgehead atoms. The van der Waals surface area contributed by atoms with Gasteiger partial charge in [0.25, 0.3) is 5.91 Å². The first-order valence-electron chi connectivity index (χ1n) is 8.48. The van der Waals surface area contributed by atoms with Crippen molar-refractivity contribution in [2.75, 3.05) is 46.2 Å².